The summed E-state index contributed by atoms with van der Waals surface area (Å²) >= 11 is 0. The summed E-state index contributed by atoms with van der Waals surface area (Å²) in [7, 11) is 0. The molecule has 2 amide bonds. The summed E-state index contributed by atoms with van der Waals surface area (Å²) in [5, 5.41) is 3.01. The lowest BCUT2D eigenvalue weighted by atomic mass is 9.97. The van der Waals surface area contributed by atoms with E-state index in [1.807, 2.05) is 41.3 Å². The molecule has 0 saturated heterocycles. The second-order valence-electron chi connectivity index (χ2n) is 7.42. The molecule has 0 aromatic heterocycles. The molecular formula is C22H24N2O2. The molecule has 0 radical (unpaired) electrons. The lowest BCUT2D eigenvalue weighted by Crippen LogP contribution is -2.30. The third kappa shape index (κ3) is 3.50. The Bertz CT molecular complexity index is 827. The van der Waals surface area contributed by atoms with Gasteiger partial charge in [0.05, 0.1) is 0 Å². The van der Waals surface area contributed by atoms with Crippen molar-refractivity contribution in [1.82, 2.24) is 0 Å². The van der Waals surface area contributed by atoms with Crippen LogP contribution in [-0.4, -0.2) is 18.4 Å². The predicted molar refractivity (Wildman–Crippen MR) is 103 cm³/mol. The van der Waals surface area contributed by atoms with Crippen LogP contribution in [0.1, 0.15) is 43.2 Å². The van der Waals surface area contributed by atoms with Crippen LogP contribution in [0.3, 0.4) is 0 Å². The fraction of sp³-hybridized carbons (Fsp3) is 0.364. The number of amides is 2. The summed E-state index contributed by atoms with van der Waals surface area (Å²) in [5.74, 6) is 0.694. The van der Waals surface area contributed by atoms with Crippen LogP contribution in [0.25, 0.3) is 0 Å². The lowest BCUT2D eigenvalue weighted by molar-refractivity contribution is -0.119. The maximum Gasteiger partial charge on any atom is 0.230 e. The average Bonchev–Trinajstić information content (AvgIpc) is 3.41. The van der Waals surface area contributed by atoms with Gasteiger partial charge in [0.2, 0.25) is 11.8 Å². The number of carbonyl (C=O) groups excluding carboxylic acids is 2. The molecule has 26 heavy (non-hydrogen) atoms. The molecule has 2 aromatic rings. The summed E-state index contributed by atoms with van der Waals surface area (Å²) in [6.45, 7) is 2.83. The number of fused-ring (bicyclic) bond motifs is 1. The molecular weight excluding hydrogens is 324 g/mol. The minimum absolute atomic E-state index is 0.0187. The second-order valence-corrected chi connectivity index (χ2v) is 7.42. The van der Waals surface area contributed by atoms with Gasteiger partial charge in [0, 0.05) is 30.3 Å². The Labute approximate surface area is 154 Å². The van der Waals surface area contributed by atoms with Gasteiger partial charge in [0.1, 0.15) is 0 Å². The average molecular weight is 348 g/mol. The maximum absolute atomic E-state index is 12.4. The standard InChI is InChI=1S/C22H24N2O2/c1-15(16-5-3-2-4-6-16)13-21(25)23-19-9-10-20-18(14-19)11-12-24(20)22(26)17-7-8-17/h2-6,9-10,14-15,17H,7-8,11-13H2,1H3,(H,23,25). The molecule has 4 nitrogen and oxygen atoms in total. The Morgan fingerprint density at radius 2 is 1.92 bits per heavy atom. The van der Waals surface area contributed by atoms with Gasteiger partial charge in [-0.2, -0.15) is 0 Å². The van der Waals surface area contributed by atoms with Gasteiger partial charge in [0.15, 0.2) is 0 Å². The summed E-state index contributed by atoms with van der Waals surface area (Å²) in [6.07, 6.45) is 3.36. The Morgan fingerprint density at radius 1 is 1.15 bits per heavy atom. The highest BCUT2D eigenvalue weighted by molar-refractivity contribution is 5.99. The molecule has 2 aromatic carbocycles. The van der Waals surface area contributed by atoms with Gasteiger partial charge in [-0.1, -0.05) is 37.3 Å². The minimum atomic E-state index is 0.0187. The van der Waals surface area contributed by atoms with E-state index >= 15 is 0 Å². The number of benzene rings is 2. The van der Waals surface area contributed by atoms with Crippen molar-refractivity contribution >= 4 is 23.2 Å². The monoisotopic (exact) mass is 348 g/mol. The number of hydrogen-bond donors (Lipinski definition) is 1. The van der Waals surface area contributed by atoms with Crippen LogP contribution in [0.2, 0.25) is 0 Å². The smallest absolute Gasteiger partial charge is 0.230 e. The van der Waals surface area contributed by atoms with E-state index in [1.54, 1.807) is 0 Å². The van der Waals surface area contributed by atoms with Crippen molar-refractivity contribution in [2.75, 3.05) is 16.8 Å². The second kappa shape index (κ2) is 6.94. The Hall–Kier alpha value is -2.62. The zero-order valence-electron chi connectivity index (χ0n) is 15.1. The van der Waals surface area contributed by atoms with Crippen LogP contribution in [0.5, 0.6) is 0 Å². The minimum Gasteiger partial charge on any atom is -0.326 e. The number of nitrogens with zero attached hydrogens (tertiary/aromatic N) is 1. The molecule has 1 saturated carbocycles. The van der Waals surface area contributed by atoms with Gasteiger partial charge >= 0.3 is 0 Å². The summed E-state index contributed by atoms with van der Waals surface area (Å²) in [4.78, 5) is 26.6. The van der Waals surface area contributed by atoms with Gasteiger partial charge in [-0.15, -0.1) is 0 Å². The first-order valence-corrected chi connectivity index (χ1v) is 9.41. The molecule has 1 atom stereocenters. The quantitative estimate of drug-likeness (QED) is 0.884. The van der Waals surface area contributed by atoms with E-state index in [9.17, 15) is 9.59 Å². The third-order valence-electron chi connectivity index (χ3n) is 5.31. The van der Waals surface area contributed by atoms with Crippen molar-refractivity contribution in [3.05, 3.63) is 59.7 Å². The molecule has 134 valence electrons. The number of nitrogens with one attached hydrogen (secondary N) is 1. The van der Waals surface area contributed by atoms with E-state index in [0.29, 0.717) is 6.42 Å². The largest absolute Gasteiger partial charge is 0.326 e. The summed E-state index contributed by atoms with van der Waals surface area (Å²) < 4.78 is 0. The molecule has 1 aliphatic carbocycles. The van der Waals surface area contributed by atoms with E-state index in [0.717, 1.165) is 42.7 Å². The van der Waals surface area contributed by atoms with Crippen molar-refractivity contribution in [3.8, 4) is 0 Å². The van der Waals surface area contributed by atoms with Crippen molar-refractivity contribution in [3.63, 3.8) is 0 Å². The van der Waals surface area contributed by atoms with Crippen LogP contribution in [0.15, 0.2) is 48.5 Å². The first kappa shape index (κ1) is 16.8. The highest BCUT2D eigenvalue weighted by Gasteiger charge is 2.36. The third-order valence-corrected chi connectivity index (χ3v) is 5.31. The predicted octanol–water partition coefficient (Wildman–Crippen LogP) is 4.12. The number of carbonyl (C=O) groups is 2. The first-order valence-electron chi connectivity index (χ1n) is 9.41. The van der Waals surface area contributed by atoms with Crippen molar-refractivity contribution in [2.45, 2.75) is 38.5 Å². The van der Waals surface area contributed by atoms with Crippen LogP contribution in [0.4, 0.5) is 11.4 Å². The Balaban J connectivity index is 1.40. The fourth-order valence-electron chi connectivity index (χ4n) is 3.65. The first-order chi connectivity index (χ1) is 12.6. The van der Waals surface area contributed by atoms with Crippen LogP contribution >= 0.6 is 0 Å². The maximum atomic E-state index is 12.4. The van der Waals surface area contributed by atoms with E-state index in [4.69, 9.17) is 0 Å². The molecule has 4 rings (SSSR count). The molecule has 4 heteroatoms. The van der Waals surface area contributed by atoms with Crippen LogP contribution in [0, 0.1) is 5.92 Å². The lowest BCUT2D eigenvalue weighted by Gasteiger charge is -2.17. The van der Waals surface area contributed by atoms with E-state index in [-0.39, 0.29) is 23.7 Å². The Morgan fingerprint density at radius 3 is 2.65 bits per heavy atom. The van der Waals surface area contributed by atoms with E-state index in [1.165, 1.54) is 5.56 Å². The number of hydrogen-bond acceptors (Lipinski definition) is 2. The molecule has 2 aliphatic rings. The molecule has 1 unspecified atom stereocenters. The van der Waals surface area contributed by atoms with Crippen molar-refractivity contribution in [2.24, 2.45) is 5.92 Å². The van der Waals surface area contributed by atoms with Crippen LogP contribution in [-0.2, 0) is 16.0 Å². The summed E-state index contributed by atoms with van der Waals surface area (Å²) in [5.41, 5.74) is 4.14. The topological polar surface area (TPSA) is 49.4 Å². The van der Waals surface area contributed by atoms with Crippen molar-refractivity contribution in [1.29, 1.82) is 0 Å². The van der Waals surface area contributed by atoms with Gasteiger partial charge in [-0.25, -0.2) is 0 Å². The zero-order chi connectivity index (χ0) is 18.1. The molecule has 1 heterocycles. The Kier molecular flexibility index (Phi) is 4.49. The molecule has 0 spiro atoms. The normalized spacial score (nSPS) is 16.9. The molecule has 1 aliphatic heterocycles. The van der Waals surface area contributed by atoms with E-state index < -0.39 is 0 Å². The SMILES string of the molecule is CC(CC(=O)Nc1ccc2c(c1)CCN2C(=O)C1CC1)c1ccccc1. The molecule has 1 N–H and O–H groups in total. The van der Waals surface area contributed by atoms with Crippen molar-refractivity contribution < 1.29 is 9.59 Å². The van der Waals surface area contributed by atoms with Gasteiger partial charge in [0.25, 0.3) is 0 Å². The highest BCUT2D eigenvalue weighted by atomic mass is 16.2. The fourth-order valence-corrected chi connectivity index (χ4v) is 3.65. The van der Waals surface area contributed by atoms with Crippen LogP contribution < -0.4 is 10.2 Å². The highest BCUT2D eigenvalue weighted by Crippen LogP contribution is 2.37. The van der Waals surface area contributed by atoms with Gasteiger partial charge in [-0.05, 0) is 54.5 Å². The summed E-state index contributed by atoms with van der Waals surface area (Å²) in [6, 6.07) is 16.0. The van der Waals surface area contributed by atoms with Gasteiger partial charge < -0.3 is 10.2 Å². The van der Waals surface area contributed by atoms with Gasteiger partial charge in [-0.3, -0.25) is 9.59 Å². The number of anilines is 2. The van der Waals surface area contributed by atoms with E-state index in [2.05, 4.69) is 24.4 Å². The molecule has 0 bridgehead atoms. The molecule has 1 fully saturated rings. The zero-order valence-corrected chi connectivity index (χ0v) is 15.1. The number of rotatable bonds is 5.